The van der Waals surface area contributed by atoms with Crippen LogP contribution in [0.1, 0.15) is 23.1 Å². The van der Waals surface area contributed by atoms with E-state index in [2.05, 4.69) is 42.3 Å². The highest BCUT2D eigenvalue weighted by molar-refractivity contribution is 5.67. The van der Waals surface area contributed by atoms with E-state index in [0.717, 1.165) is 32.6 Å². The Hall–Kier alpha value is -1.39. The lowest BCUT2D eigenvalue weighted by molar-refractivity contribution is -0.138. The standard InChI is InChI=1S/C16H24N2O2/c1-12-3-4-14(9-13(12)2)10-15(11-16(19)20)18-7-5-17-6-8-18/h3-4,9,15,17H,5-8,10-11H2,1-2H3,(H,19,20). The summed E-state index contributed by atoms with van der Waals surface area (Å²) in [6.07, 6.45) is 1.03. The van der Waals surface area contributed by atoms with Gasteiger partial charge in [-0.25, -0.2) is 0 Å². The van der Waals surface area contributed by atoms with Crippen molar-refractivity contribution in [2.24, 2.45) is 0 Å². The number of hydrogen-bond acceptors (Lipinski definition) is 3. The lowest BCUT2D eigenvalue weighted by Gasteiger charge is -2.34. The lowest BCUT2D eigenvalue weighted by Crippen LogP contribution is -2.49. The van der Waals surface area contributed by atoms with Crippen molar-refractivity contribution in [3.05, 3.63) is 34.9 Å². The van der Waals surface area contributed by atoms with Crippen LogP contribution in [0.25, 0.3) is 0 Å². The van der Waals surface area contributed by atoms with Gasteiger partial charge < -0.3 is 10.4 Å². The van der Waals surface area contributed by atoms with E-state index in [-0.39, 0.29) is 12.5 Å². The third-order valence-corrected chi connectivity index (χ3v) is 4.12. The number of carbonyl (C=O) groups is 1. The van der Waals surface area contributed by atoms with Gasteiger partial charge in [-0.1, -0.05) is 18.2 Å². The van der Waals surface area contributed by atoms with Crippen molar-refractivity contribution in [3.63, 3.8) is 0 Å². The molecule has 1 heterocycles. The van der Waals surface area contributed by atoms with E-state index in [1.165, 1.54) is 16.7 Å². The molecule has 1 aromatic rings. The van der Waals surface area contributed by atoms with Crippen molar-refractivity contribution in [3.8, 4) is 0 Å². The van der Waals surface area contributed by atoms with E-state index in [0.29, 0.717) is 0 Å². The molecule has 2 rings (SSSR count). The van der Waals surface area contributed by atoms with E-state index in [1.807, 2.05) is 0 Å². The zero-order valence-corrected chi connectivity index (χ0v) is 12.4. The Morgan fingerprint density at radius 1 is 1.30 bits per heavy atom. The molecule has 20 heavy (non-hydrogen) atoms. The monoisotopic (exact) mass is 276 g/mol. The molecule has 0 aromatic heterocycles. The summed E-state index contributed by atoms with van der Waals surface area (Å²) in [6, 6.07) is 6.53. The van der Waals surface area contributed by atoms with E-state index in [9.17, 15) is 4.79 Å². The third kappa shape index (κ3) is 4.05. The van der Waals surface area contributed by atoms with Gasteiger partial charge in [0.25, 0.3) is 0 Å². The molecule has 1 unspecified atom stereocenters. The molecule has 4 heteroatoms. The molecule has 0 amide bonds. The van der Waals surface area contributed by atoms with Gasteiger partial charge in [0.05, 0.1) is 6.42 Å². The summed E-state index contributed by atoms with van der Waals surface area (Å²) in [7, 11) is 0. The SMILES string of the molecule is Cc1ccc(CC(CC(=O)O)N2CCNCC2)cc1C. The van der Waals surface area contributed by atoms with E-state index in [4.69, 9.17) is 5.11 Å². The van der Waals surface area contributed by atoms with Crippen LogP contribution in [-0.2, 0) is 11.2 Å². The van der Waals surface area contributed by atoms with Crippen molar-refractivity contribution in [1.29, 1.82) is 0 Å². The van der Waals surface area contributed by atoms with Crippen molar-refractivity contribution in [2.45, 2.75) is 32.7 Å². The Morgan fingerprint density at radius 2 is 2.00 bits per heavy atom. The molecule has 0 spiro atoms. The summed E-state index contributed by atoms with van der Waals surface area (Å²) in [5.41, 5.74) is 3.79. The maximum Gasteiger partial charge on any atom is 0.304 e. The number of benzene rings is 1. The Balaban J connectivity index is 2.09. The first-order chi connectivity index (χ1) is 9.56. The molecule has 0 radical (unpaired) electrons. The molecule has 1 fully saturated rings. The summed E-state index contributed by atoms with van der Waals surface area (Å²) in [5, 5.41) is 12.5. The molecule has 2 N–H and O–H groups in total. The highest BCUT2D eigenvalue weighted by atomic mass is 16.4. The number of rotatable bonds is 5. The lowest BCUT2D eigenvalue weighted by atomic mass is 9.98. The Labute approximate surface area is 120 Å². The van der Waals surface area contributed by atoms with Gasteiger partial charge in [0.15, 0.2) is 0 Å². The van der Waals surface area contributed by atoms with Gasteiger partial charge in [0, 0.05) is 32.2 Å². The molecule has 0 bridgehead atoms. The second-order valence-electron chi connectivity index (χ2n) is 5.66. The second kappa shape index (κ2) is 6.86. The van der Waals surface area contributed by atoms with Crippen LogP contribution in [0.4, 0.5) is 0 Å². The molecule has 1 aromatic carbocycles. The molecule has 1 aliphatic heterocycles. The first-order valence-corrected chi connectivity index (χ1v) is 7.29. The highest BCUT2D eigenvalue weighted by Crippen LogP contribution is 2.16. The fourth-order valence-electron chi connectivity index (χ4n) is 2.78. The summed E-state index contributed by atoms with van der Waals surface area (Å²) >= 11 is 0. The Kier molecular flexibility index (Phi) is 5.15. The van der Waals surface area contributed by atoms with Gasteiger partial charge in [-0.15, -0.1) is 0 Å². The summed E-state index contributed by atoms with van der Waals surface area (Å²) in [6.45, 7) is 7.97. The number of aryl methyl sites for hydroxylation is 2. The predicted octanol–water partition coefficient (Wildman–Crippen LogP) is 1.59. The van der Waals surface area contributed by atoms with Gasteiger partial charge >= 0.3 is 5.97 Å². The topological polar surface area (TPSA) is 52.6 Å². The Morgan fingerprint density at radius 3 is 2.60 bits per heavy atom. The average molecular weight is 276 g/mol. The van der Waals surface area contributed by atoms with Crippen LogP contribution in [0.15, 0.2) is 18.2 Å². The molecule has 1 aliphatic rings. The van der Waals surface area contributed by atoms with Gasteiger partial charge in [-0.05, 0) is 37.0 Å². The number of nitrogens with one attached hydrogen (secondary N) is 1. The summed E-state index contributed by atoms with van der Waals surface area (Å²) in [5.74, 6) is -0.711. The molecule has 4 nitrogen and oxygen atoms in total. The van der Waals surface area contributed by atoms with Crippen LogP contribution in [0.2, 0.25) is 0 Å². The number of carboxylic acids is 1. The van der Waals surface area contributed by atoms with Crippen LogP contribution in [0.3, 0.4) is 0 Å². The maximum absolute atomic E-state index is 11.1. The second-order valence-corrected chi connectivity index (χ2v) is 5.66. The maximum atomic E-state index is 11.1. The fraction of sp³-hybridized carbons (Fsp3) is 0.562. The largest absolute Gasteiger partial charge is 0.481 e. The smallest absolute Gasteiger partial charge is 0.304 e. The van der Waals surface area contributed by atoms with Crippen molar-refractivity contribution in [1.82, 2.24) is 10.2 Å². The summed E-state index contributed by atoms with van der Waals surface area (Å²) < 4.78 is 0. The van der Waals surface area contributed by atoms with Crippen molar-refractivity contribution in [2.75, 3.05) is 26.2 Å². The van der Waals surface area contributed by atoms with Crippen LogP contribution in [-0.4, -0.2) is 48.2 Å². The Bertz CT molecular complexity index is 468. The molecule has 0 saturated carbocycles. The minimum Gasteiger partial charge on any atom is -0.481 e. The third-order valence-electron chi connectivity index (χ3n) is 4.12. The van der Waals surface area contributed by atoms with Crippen LogP contribution >= 0.6 is 0 Å². The number of hydrogen-bond donors (Lipinski definition) is 2. The fourth-order valence-corrected chi connectivity index (χ4v) is 2.78. The van der Waals surface area contributed by atoms with Gasteiger partial charge in [0.1, 0.15) is 0 Å². The quantitative estimate of drug-likeness (QED) is 0.857. The molecule has 0 aliphatic carbocycles. The van der Waals surface area contributed by atoms with Gasteiger partial charge in [-0.3, -0.25) is 9.69 Å². The molecule has 1 saturated heterocycles. The van der Waals surface area contributed by atoms with Crippen LogP contribution < -0.4 is 5.32 Å². The number of carboxylic acid groups (broad SMARTS) is 1. The van der Waals surface area contributed by atoms with E-state index >= 15 is 0 Å². The van der Waals surface area contributed by atoms with Crippen molar-refractivity contribution < 1.29 is 9.90 Å². The minimum atomic E-state index is -0.711. The van der Waals surface area contributed by atoms with E-state index < -0.39 is 5.97 Å². The zero-order valence-electron chi connectivity index (χ0n) is 12.4. The van der Waals surface area contributed by atoms with Gasteiger partial charge in [0.2, 0.25) is 0 Å². The van der Waals surface area contributed by atoms with Crippen LogP contribution in [0, 0.1) is 13.8 Å². The van der Waals surface area contributed by atoms with Crippen LogP contribution in [0.5, 0.6) is 0 Å². The zero-order chi connectivity index (χ0) is 14.5. The number of piperazine rings is 1. The van der Waals surface area contributed by atoms with Crippen molar-refractivity contribution >= 4 is 5.97 Å². The predicted molar refractivity (Wildman–Crippen MR) is 80.1 cm³/mol. The highest BCUT2D eigenvalue weighted by Gasteiger charge is 2.23. The first kappa shape index (κ1) is 15.0. The summed E-state index contributed by atoms with van der Waals surface area (Å²) in [4.78, 5) is 13.4. The molecule has 1 atom stereocenters. The minimum absolute atomic E-state index is 0.0942. The normalized spacial score (nSPS) is 17.9. The van der Waals surface area contributed by atoms with E-state index in [1.54, 1.807) is 0 Å². The number of nitrogens with zero attached hydrogens (tertiary/aromatic N) is 1. The number of aliphatic carboxylic acids is 1. The molecule has 110 valence electrons. The molecular weight excluding hydrogens is 252 g/mol. The average Bonchev–Trinajstić information content (AvgIpc) is 2.43. The molecular formula is C16H24N2O2. The van der Waals surface area contributed by atoms with Gasteiger partial charge in [-0.2, -0.15) is 0 Å². The first-order valence-electron chi connectivity index (χ1n) is 7.29.